The Balaban J connectivity index is 3.04. The van der Waals surface area contributed by atoms with Crippen LogP contribution in [0.3, 0.4) is 0 Å². The molecular weight excluding hydrogens is 314 g/mol. The third-order valence-electron chi connectivity index (χ3n) is 3.00. The van der Waals surface area contributed by atoms with E-state index in [0.29, 0.717) is 5.02 Å². The molecule has 0 radical (unpaired) electrons. The first-order valence-electron chi connectivity index (χ1n) is 7.22. The van der Waals surface area contributed by atoms with E-state index in [1.54, 1.807) is 0 Å². The summed E-state index contributed by atoms with van der Waals surface area (Å²) in [7, 11) is -1.43. The van der Waals surface area contributed by atoms with Crippen LogP contribution in [-0.2, 0) is 6.54 Å². The van der Waals surface area contributed by atoms with Crippen molar-refractivity contribution in [2.45, 2.75) is 52.5 Å². The smallest absolute Gasteiger partial charge is 0.408 e. The lowest BCUT2D eigenvalue weighted by atomic mass is 10.0. The summed E-state index contributed by atoms with van der Waals surface area (Å²) in [4.78, 5) is 12.8. The van der Waals surface area contributed by atoms with E-state index in [9.17, 15) is 9.90 Å². The van der Waals surface area contributed by atoms with Gasteiger partial charge in [-0.1, -0.05) is 43.2 Å². The molecule has 0 unspecified atom stereocenters. The van der Waals surface area contributed by atoms with Gasteiger partial charge in [0.25, 0.3) is 0 Å². The van der Waals surface area contributed by atoms with Crippen LogP contribution >= 0.6 is 11.6 Å². The first kappa shape index (κ1) is 18.6. The number of rotatable bonds is 2. The predicted molar refractivity (Wildman–Crippen MR) is 95.0 cm³/mol. The van der Waals surface area contributed by atoms with Gasteiger partial charge in [0.1, 0.15) is 8.07 Å². The van der Waals surface area contributed by atoms with Crippen LogP contribution < -0.4 is 0 Å². The summed E-state index contributed by atoms with van der Waals surface area (Å²) >= 11 is 6.30. The van der Waals surface area contributed by atoms with Crippen LogP contribution in [0.4, 0.5) is 4.79 Å². The molecule has 0 aliphatic carbocycles. The normalized spacial score (nSPS) is 11.6. The number of hydrogen-bond acceptors (Lipinski definition) is 1. The Bertz CT molecular complexity index is 618. The molecule has 3 nitrogen and oxygen atoms in total. The first-order chi connectivity index (χ1) is 9.90. The summed E-state index contributed by atoms with van der Waals surface area (Å²) in [5, 5.41) is 9.91. The highest BCUT2D eigenvalue weighted by atomic mass is 35.5. The third kappa shape index (κ3) is 5.74. The van der Waals surface area contributed by atoms with Gasteiger partial charge in [-0.2, -0.15) is 0 Å². The average Bonchev–Trinajstić information content (AvgIpc) is 2.32. The van der Waals surface area contributed by atoms with Crippen LogP contribution in [0.2, 0.25) is 24.7 Å². The minimum absolute atomic E-state index is 0.263. The summed E-state index contributed by atoms with van der Waals surface area (Å²) in [6.45, 7) is 12.4. The van der Waals surface area contributed by atoms with E-state index < -0.39 is 19.7 Å². The molecule has 1 rings (SSSR count). The Morgan fingerprint density at radius 3 is 2.32 bits per heavy atom. The third-order valence-corrected chi connectivity index (χ3v) is 4.23. The van der Waals surface area contributed by atoms with Crippen molar-refractivity contribution in [3.63, 3.8) is 0 Å². The first-order valence-corrected chi connectivity index (χ1v) is 11.1. The highest BCUT2D eigenvalue weighted by Gasteiger charge is 2.26. The molecule has 0 bridgehead atoms. The molecule has 0 saturated carbocycles. The van der Waals surface area contributed by atoms with Crippen molar-refractivity contribution in [2.75, 3.05) is 0 Å². The van der Waals surface area contributed by atoms with Crippen molar-refractivity contribution in [1.29, 1.82) is 0 Å². The molecule has 22 heavy (non-hydrogen) atoms. The van der Waals surface area contributed by atoms with Gasteiger partial charge in [-0.3, -0.25) is 4.90 Å². The molecule has 0 aromatic heterocycles. The molecule has 0 fully saturated rings. The van der Waals surface area contributed by atoms with Gasteiger partial charge >= 0.3 is 6.09 Å². The molecule has 0 aliphatic rings. The molecule has 1 aromatic carbocycles. The quantitative estimate of drug-likeness (QED) is 0.619. The zero-order valence-corrected chi connectivity index (χ0v) is 15.9. The predicted octanol–water partition coefficient (Wildman–Crippen LogP) is 4.85. The molecule has 0 spiro atoms. The van der Waals surface area contributed by atoms with Crippen molar-refractivity contribution in [3.05, 3.63) is 34.3 Å². The summed E-state index contributed by atoms with van der Waals surface area (Å²) < 4.78 is 0. The molecule has 5 heteroatoms. The van der Waals surface area contributed by atoms with Crippen LogP contribution in [0.15, 0.2) is 18.2 Å². The van der Waals surface area contributed by atoms with Crippen LogP contribution in [0.25, 0.3) is 0 Å². The molecule has 1 N–H and O–H groups in total. The number of benzene rings is 1. The van der Waals surface area contributed by atoms with Crippen molar-refractivity contribution in [3.8, 4) is 11.5 Å². The maximum atomic E-state index is 11.4. The topological polar surface area (TPSA) is 40.5 Å². The number of nitrogens with zero attached hydrogens (tertiary/aromatic N) is 1. The Morgan fingerprint density at radius 1 is 1.32 bits per heavy atom. The second-order valence-electron chi connectivity index (χ2n) is 7.35. The molecule has 0 atom stereocenters. The summed E-state index contributed by atoms with van der Waals surface area (Å²) in [5.74, 6) is 3.16. The van der Waals surface area contributed by atoms with Crippen LogP contribution in [0.5, 0.6) is 0 Å². The Morgan fingerprint density at radius 2 is 1.91 bits per heavy atom. The highest BCUT2D eigenvalue weighted by Crippen LogP contribution is 2.23. The highest BCUT2D eigenvalue weighted by molar-refractivity contribution is 6.83. The van der Waals surface area contributed by atoms with Crippen molar-refractivity contribution in [1.82, 2.24) is 4.90 Å². The molecule has 1 amide bonds. The van der Waals surface area contributed by atoms with E-state index in [1.807, 2.05) is 39.0 Å². The number of carbonyl (C=O) groups is 1. The zero-order valence-electron chi connectivity index (χ0n) is 14.1. The van der Waals surface area contributed by atoms with E-state index in [2.05, 4.69) is 31.1 Å². The largest absolute Gasteiger partial charge is 0.465 e. The maximum Gasteiger partial charge on any atom is 0.408 e. The van der Waals surface area contributed by atoms with Gasteiger partial charge < -0.3 is 5.11 Å². The second kappa shape index (κ2) is 6.76. The summed E-state index contributed by atoms with van der Waals surface area (Å²) in [6.07, 6.45) is -0.953. The molecule has 120 valence electrons. The number of halogens is 1. The van der Waals surface area contributed by atoms with E-state index in [4.69, 9.17) is 11.6 Å². The van der Waals surface area contributed by atoms with Crippen LogP contribution in [0.1, 0.15) is 31.9 Å². The van der Waals surface area contributed by atoms with E-state index in [-0.39, 0.29) is 6.54 Å². The van der Waals surface area contributed by atoms with Crippen molar-refractivity contribution >= 4 is 25.8 Å². The Hall–Kier alpha value is -1.44. The van der Waals surface area contributed by atoms with Crippen LogP contribution in [-0.4, -0.2) is 29.7 Å². The van der Waals surface area contributed by atoms with Gasteiger partial charge in [-0.25, -0.2) is 4.79 Å². The fourth-order valence-electron chi connectivity index (χ4n) is 1.78. The van der Waals surface area contributed by atoms with Gasteiger partial charge in [-0.15, -0.1) is 5.54 Å². The van der Waals surface area contributed by atoms with Crippen LogP contribution in [0, 0.1) is 11.5 Å². The average molecular weight is 338 g/mol. The lowest BCUT2D eigenvalue weighted by molar-refractivity contribution is 0.0956. The monoisotopic (exact) mass is 337 g/mol. The Kier molecular flexibility index (Phi) is 5.72. The standard InChI is InChI=1S/C17H24ClNO2Si/c1-17(2,3)19(16(20)21)12-14-8-7-13(11-15(14)18)9-10-22(4,5)6/h7-8,11H,12H2,1-6H3,(H,20,21). The number of hydrogen-bond donors (Lipinski definition) is 1. The fourth-order valence-corrected chi connectivity index (χ4v) is 2.53. The van der Waals surface area contributed by atoms with Gasteiger partial charge in [0, 0.05) is 16.1 Å². The molecule has 0 aliphatic heterocycles. The molecule has 0 saturated heterocycles. The Labute approximate surface area is 139 Å². The lowest BCUT2D eigenvalue weighted by Gasteiger charge is -2.33. The van der Waals surface area contributed by atoms with E-state index >= 15 is 0 Å². The molecule has 1 aromatic rings. The number of carboxylic acid groups (broad SMARTS) is 1. The zero-order chi connectivity index (χ0) is 17.1. The minimum atomic E-state index is -1.43. The number of amides is 1. The van der Waals surface area contributed by atoms with Gasteiger partial charge in [0.15, 0.2) is 0 Å². The van der Waals surface area contributed by atoms with Crippen molar-refractivity contribution < 1.29 is 9.90 Å². The molecular formula is C17H24ClNO2Si. The van der Waals surface area contributed by atoms with E-state index in [0.717, 1.165) is 11.1 Å². The van der Waals surface area contributed by atoms with Crippen molar-refractivity contribution in [2.24, 2.45) is 0 Å². The SMILES string of the molecule is CC(C)(C)N(Cc1ccc(C#C[Si](C)(C)C)cc1Cl)C(=O)O. The lowest BCUT2D eigenvalue weighted by Crippen LogP contribution is -2.44. The van der Waals surface area contributed by atoms with Gasteiger partial charge in [-0.05, 0) is 38.5 Å². The van der Waals surface area contributed by atoms with Gasteiger partial charge in [0.05, 0.1) is 6.54 Å². The second-order valence-corrected chi connectivity index (χ2v) is 12.5. The van der Waals surface area contributed by atoms with E-state index in [1.165, 1.54) is 4.90 Å². The summed E-state index contributed by atoms with van der Waals surface area (Å²) in [5.41, 5.74) is 4.47. The maximum absolute atomic E-state index is 11.4. The summed E-state index contributed by atoms with van der Waals surface area (Å²) in [6, 6.07) is 5.57. The van der Waals surface area contributed by atoms with Gasteiger partial charge in [0.2, 0.25) is 0 Å². The minimum Gasteiger partial charge on any atom is -0.465 e. The fraction of sp³-hybridized carbons (Fsp3) is 0.471. The molecule has 0 heterocycles.